The summed E-state index contributed by atoms with van der Waals surface area (Å²) in [4.78, 5) is 36.5. The van der Waals surface area contributed by atoms with Crippen molar-refractivity contribution in [3.8, 4) is 0 Å². The highest BCUT2D eigenvalue weighted by molar-refractivity contribution is 6.23. The number of fused-ring (bicyclic) bond motifs is 1. The summed E-state index contributed by atoms with van der Waals surface area (Å²) < 4.78 is 0. The molecule has 0 radical (unpaired) electrons. The van der Waals surface area contributed by atoms with Gasteiger partial charge in [-0.2, -0.15) is 0 Å². The maximum Gasteiger partial charge on any atom is 0.255 e. The van der Waals surface area contributed by atoms with Crippen LogP contribution in [0.15, 0.2) is 59.3 Å². The molecule has 2 aliphatic carbocycles. The molecule has 156 valence electrons. The molecular formula is C21H25NO7. The minimum atomic E-state index is -2.60. The highest BCUT2D eigenvalue weighted by Gasteiger charge is 2.54. The lowest BCUT2D eigenvalue weighted by Crippen LogP contribution is -2.53. The second kappa shape index (κ2) is 8.91. The summed E-state index contributed by atoms with van der Waals surface area (Å²) >= 11 is 0. The predicted octanol–water partition coefficient (Wildman–Crippen LogP) is 1.99. The second-order valence-corrected chi connectivity index (χ2v) is 7.17. The van der Waals surface area contributed by atoms with Gasteiger partial charge in [-0.1, -0.05) is 25.2 Å². The van der Waals surface area contributed by atoms with Gasteiger partial charge in [-0.05, 0) is 31.3 Å². The van der Waals surface area contributed by atoms with Crippen molar-refractivity contribution in [2.45, 2.75) is 38.2 Å². The van der Waals surface area contributed by atoms with Crippen LogP contribution in [0, 0.1) is 11.8 Å². The Labute approximate surface area is 168 Å². The van der Waals surface area contributed by atoms with Gasteiger partial charge in [0.25, 0.3) is 5.91 Å². The highest BCUT2D eigenvalue weighted by atomic mass is 16.3. The van der Waals surface area contributed by atoms with Gasteiger partial charge in [0, 0.05) is 24.5 Å². The molecule has 8 heteroatoms. The van der Waals surface area contributed by atoms with Crippen LogP contribution in [0.3, 0.4) is 0 Å². The van der Waals surface area contributed by atoms with Crippen LogP contribution in [0.1, 0.15) is 32.6 Å². The Morgan fingerprint density at radius 2 is 1.86 bits per heavy atom. The van der Waals surface area contributed by atoms with Crippen molar-refractivity contribution >= 4 is 17.5 Å². The summed E-state index contributed by atoms with van der Waals surface area (Å²) in [7, 11) is 0. The zero-order chi connectivity index (χ0) is 21.8. The number of hydrogen-bond acceptors (Lipinski definition) is 7. The number of amides is 1. The first-order valence-corrected chi connectivity index (χ1v) is 9.30. The highest BCUT2D eigenvalue weighted by Crippen LogP contribution is 2.41. The molecule has 6 N–H and O–H groups in total. The van der Waals surface area contributed by atoms with Gasteiger partial charge in [0.1, 0.15) is 22.9 Å². The number of allylic oxidation sites excluding steroid dienone is 7. The van der Waals surface area contributed by atoms with Crippen molar-refractivity contribution in [1.82, 2.24) is 0 Å². The topological polar surface area (TPSA) is 158 Å². The Hall–Kier alpha value is -3.13. The molecule has 0 saturated carbocycles. The summed E-state index contributed by atoms with van der Waals surface area (Å²) in [5, 5.41) is 41.5. The standard InChI is InChI=1S/C21H25NO7/c1-2-12-5-3-4-6-14(23)10-15(24)11-17(26)21(29)13(8-7-12)9-16(25)18(19(21)27)20(22)28/h3-6,10-13,23,25-26,29H,2,7-9H2,1H3,(H2,22,28)/b5-3+,6-4-,14-10-,17-11-/t12-,13-,21-/m0/s1. The average molecular weight is 403 g/mol. The van der Waals surface area contributed by atoms with Crippen LogP contribution < -0.4 is 5.73 Å². The summed E-state index contributed by atoms with van der Waals surface area (Å²) in [5.74, 6) is -6.22. The van der Waals surface area contributed by atoms with Crippen molar-refractivity contribution in [3.05, 3.63) is 59.3 Å². The molecule has 0 saturated heterocycles. The SMILES string of the molecule is CC[C@H]1/C=C/C=C\C(O)=C\C(=O)/C=C(\O)[C@]2(O)C(=O)C(C(N)=O)=C(O)C[C@@H]2CC1. The number of carbonyl (C=O) groups excluding carboxylic acids is 3. The smallest absolute Gasteiger partial charge is 0.255 e. The molecule has 0 fully saturated rings. The maximum absolute atomic E-state index is 12.8. The molecule has 0 bridgehead atoms. The Morgan fingerprint density at radius 3 is 2.48 bits per heavy atom. The van der Waals surface area contributed by atoms with E-state index in [0.717, 1.165) is 12.5 Å². The summed E-state index contributed by atoms with van der Waals surface area (Å²) in [6.07, 6.45) is 9.05. The number of Topliss-reactive ketones (excluding diaryl/α,β-unsaturated/α-hetero) is 1. The van der Waals surface area contributed by atoms with Crippen LogP contribution in [-0.4, -0.2) is 43.5 Å². The summed E-state index contributed by atoms with van der Waals surface area (Å²) in [6, 6.07) is 0. The molecule has 0 spiro atoms. The first kappa shape index (κ1) is 22.2. The van der Waals surface area contributed by atoms with Gasteiger partial charge in [0.2, 0.25) is 5.78 Å². The zero-order valence-electron chi connectivity index (χ0n) is 16.0. The lowest BCUT2D eigenvalue weighted by atomic mass is 9.69. The van der Waals surface area contributed by atoms with Crippen molar-refractivity contribution in [2.75, 3.05) is 0 Å². The first-order chi connectivity index (χ1) is 13.6. The molecular weight excluding hydrogens is 378 g/mol. The van der Waals surface area contributed by atoms with E-state index in [1.165, 1.54) is 6.08 Å². The normalized spacial score (nSPS) is 34.8. The minimum Gasteiger partial charge on any atom is -0.511 e. The molecule has 2 rings (SSSR count). The number of carbonyl (C=O) groups is 3. The largest absolute Gasteiger partial charge is 0.511 e. The molecule has 1 amide bonds. The number of nitrogens with two attached hydrogens (primary N) is 1. The molecule has 0 aromatic carbocycles. The van der Waals surface area contributed by atoms with E-state index < -0.39 is 46.1 Å². The van der Waals surface area contributed by atoms with Crippen molar-refractivity contribution in [2.24, 2.45) is 17.6 Å². The molecule has 29 heavy (non-hydrogen) atoms. The molecule has 0 unspecified atom stereocenters. The third-order valence-corrected chi connectivity index (χ3v) is 5.27. The molecule has 8 nitrogen and oxygen atoms in total. The number of aliphatic hydroxyl groups is 4. The number of rotatable bonds is 2. The quantitative estimate of drug-likeness (QED) is 0.441. The summed E-state index contributed by atoms with van der Waals surface area (Å²) in [5.41, 5.74) is 1.76. The monoisotopic (exact) mass is 403 g/mol. The number of hydrogen-bond donors (Lipinski definition) is 5. The number of aliphatic hydroxyl groups excluding tert-OH is 3. The summed E-state index contributed by atoms with van der Waals surface area (Å²) in [6.45, 7) is 1.95. The molecule has 0 aromatic heterocycles. The van der Waals surface area contributed by atoms with Gasteiger partial charge in [-0.3, -0.25) is 14.4 Å². The van der Waals surface area contributed by atoms with Crippen LogP contribution in [0.2, 0.25) is 0 Å². The second-order valence-electron chi connectivity index (χ2n) is 7.17. The van der Waals surface area contributed by atoms with E-state index in [0.29, 0.717) is 12.5 Å². The van der Waals surface area contributed by atoms with Crippen molar-refractivity contribution in [1.29, 1.82) is 0 Å². The molecule has 3 atom stereocenters. The van der Waals surface area contributed by atoms with E-state index in [-0.39, 0.29) is 24.5 Å². The van der Waals surface area contributed by atoms with E-state index in [1.807, 2.05) is 13.0 Å². The van der Waals surface area contributed by atoms with Crippen LogP contribution in [0.4, 0.5) is 0 Å². The Kier molecular flexibility index (Phi) is 6.81. The fourth-order valence-corrected chi connectivity index (χ4v) is 3.59. The number of ketones is 2. The average Bonchev–Trinajstić information content (AvgIpc) is 2.63. The zero-order valence-corrected chi connectivity index (χ0v) is 16.0. The van der Waals surface area contributed by atoms with E-state index in [9.17, 15) is 34.8 Å². The van der Waals surface area contributed by atoms with E-state index in [1.54, 1.807) is 12.2 Å². The van der Waals surface area contributed by atoms with Gasteiger partial charge >= 0.3 is 0 Å². The van der Waals surface area contributed by atoms with Crippen LogP contribution in [-0.2, 0) is 14.4 Å². The third-order valence-electron chi connectivity index (χ3n) is 5.27. The fraction of sp³-hybridized carbons (Fsp3) is 0.381. The van der Waals surface area contributed by atoms with Gasteiger partial charge in [-0.15, -0.1) is 0 Å². The van der Waals surface area contributed by atoms with Crippen molar-refractivity contribution in [3.63, 3.8) is 0 Å². The van der Waals surface area contributed by atoms with Crippen LogP contribution in [0.5, 0.6) is 0 Å². The predicted molar refractivity (Wildman–Crippen MR) is 105 cm³/mol. The lowest BCUT2D eigenvalue weighted by Gasteiger charge is -2.38. The van der Waals surface area contributed by atoms with Crippen molar-refractivity contribution < 1.29 is 34.8 Å². The molecule has 0 heterocycles. The molecule has 2 aliphatic rings. The fourth-order valence-electron chi connectivity index (χ4n) is 3.59. The van der Waals surface area contributed by atoms with Crippen LogP contribution >= 0.6 is 0 Å². The van der Waals surface area contributed by atoms with E-state index in [4.69, 9.17) is 5.73 Å². The molecule has 0 aliphatic heterocycles. The Morgan fingerprint density at radius 1 is 1.17 bits per heavy atom. The maximum atomic E-state index is 12.8. The van der Waals surface area contributed by atoms with Gasteiger partial charge in [-0.25, -0.2) is 0 Å². The Balaban J connectivity index is 2.61. The lowest BCUT2D eigenvalue weighted by molar-refractivity contribution is -0.142. The Bertz CT molecular complexity index is 862. The van der Waals surface area contributed by atoms with Crippen LogP contribution in [0.25, 0.3) is 0 Å². The molecule has 0 aromatic rings. The first-order valence-electron chi connectivity index (χ1n) is 9.30. The van der Waals surface area contributed by atoms with E-state index >= 15 is 0 Å². The number of primary amides is 1. The third kappa shape index (κ3) is 4.65. The minimum absolute atomic E-state index is 0.0597. The van der Waals surface area contributed by atoms with Gasteiger partial charge in [0.15, 0.2) is 11.4 Å². The van der Waals surface area contributed by atoms with Gasteiger partial charge < -0.3 is 26.2 Å². The van der Waals surface area contributed by atoms with Gasteiger partial charge in [0.05, 0.1) is 0 Å². The van der Waals surface area contributed by atoms with E-state index in [2.05, 4.69) is 0 Å².